The summed E-state index contributed by atoms with van der Waals surface area (Å²) in [5.41, 5.74) is 2.64. The van der Waals surface area contributed by atoms with Gasteiger partial charge in [-0.05, 0) is 44.9 Å². The van der Waals surface area contributed by atoms with Crippen molar-refractivity contribution in [2.24, 2.45) is 0 Å². The molecule has 3 aromatic heterocycles. The molecule has 1 aliphatic heterocycles. The molecule has 4 heterocycles. The number of pyridine rings is 1. The number of fused-ring (bicyclic) bond motifs is 1. The molecule has 0 N–H and O–H groups in total. The summed E-state index contributed by atoms with van der Waals surface area (Å²) in [7, 11) is 0. The van der Waals surface area contributed by atoms with Gasteiger partial charge in [-0.2, -0.15) is 0 Å². The Balaban J connectivity index is 1.47. The maximum absolute atomic E-state index is 13.0. The van der Waals surface area contributed by atoms with Crippen LogP contribution in [0.25, 0.3) is 5.78 Å². The van der Waals surface area contributed by atoms with Gasteiger partial charge in [-0.25, -0.2) is 4.98 Å². The number of piperidine rings is 1. The molecule has 3 aromatic rings. The zero-order valence-electron chi connectivity index (χ0n) is 15.5. The van der Waals surface area contributed by atoms with E-state index in [4.69, 9.17) is 4.74 Å². The first-order chi connectivity index (χ1) is 13.1. The number of aromatic nitrogens is 5. The summed E-state index contributed by atoms with van der Waals surface area (Å²) < 4.78 is 7.70. The summed E-state index contributed by atoms with van der Waals surface area (Å²) in [5.74, 6) is 0.624. The number of hydrogen-bond acceptors (Lipinski definition) is 6. The van der Waals surface area contributed by atoms with Crippen molar-refractivity contribution in [3.8, 4) is 0 Å². The lowest BCUT2D eigenvalue weighted by Crippen LogP contribution is -2.43. The lowest BCUT2D eigenvalue weighted by Gasteiger charge is -2.32. The molecule has 140 valence electrons. The molecular weight excluding hydrogens is 344 g/mol. The van der Waals surface area contributed by atoms with Crippen molar-refractivity contribution >= 4 is 11.7 Å². The van der Waals surface area contributed by atoms with E-state index in [-0.39, 0.29) is 12.0 Å². The van der Waals surface area contributed by atoms with Crippen molar-refractivity contribution in [1.82, 2.24) is 29.5 Å². The second-order valence-electron chi connectivity index (χ2n) is 6.85. The number of amides is 1. The van der Waals surface area contributed by atoms with Gasteiger partial charge < -0.3 is 9.64 Å². The summed E-state index contributed by atoms with van der Waals surface area (Å²) in [4.78, 5) is 23.5. The summed E-state index contributed by atoms with van der Waals surface area (Å²) in [5, 5.41) is 8.17. The smallest absolute Gasteiger partial charge is 0.292 e. The van der Waals surface area contributed by atoms with E-state index in [1.807, 2.05) is 38.1 Å². The van der Waals surface area contributed by atoms with E-state index in [0.717, 1.165) is 29.9 Å². The third-order valence-electron chi connectivity index (χ3n) is 4.74. The molecule has 0 spiro atoms. The molecule has 1 amide bonds. The van der Waals surface area contributed by atoms with Crippen molar-refractivity contribution in [2.45, 2.75) is 39.4 Å². The van der Waals surface area contributed by atoms with E-state index in [0.29, 0.717) is 31.3 Å². The van der Waals surface area contributed by atoms with Crippen LogP contribution < -0.4 is 0 Å². The Morgan fingerprint density at radius 3 is 3.00 bits per heavy atom. The second kappa shape index (κ2) is 7.40. The summed E-state index contributed by atoms with van der Waals surface area (Å²) >= 11 is 0. The van der Waals surface area contributed by atoms with Crippen LogP contribution in [0, 0.1) is 13.8 Å². The highest BCUT2D eigenvalue weighted by atomic mass is 16.5. The quantitative estimate of drug-likeness (QED) is 0.702. The van der Waals surface area contributed by atoms with Gasteiger partial charge in [-0.15, -0.1) is 10.2 Å². The first kappa shape index (κ1) is 17.5. The van der Waals surface area contributed by atoms with E-state index in [1.165, 1.54) is 0 Å². The fraction of sp³-hybridized carbons (Fsp3) is 0.421. The van der Waals surface area contributed by atoms with E-state index in [9.17, 15) is 4.79 Å². The fourth-order valence-corrected chi connectivity index (χ4v) is 3.46. The van der Waals surface area contributed by atoms with Crippen LogP contribution in [0.1, 0.15) is 40.5 Å². The molecule has 1 aliphatic rings. The molecule has 27 heavy (non-hydrogen) atoms. The van der Waals surface area contributed by atoms with Crippen molar-refractivity contribution in [2.75, 3.05) is 13.1 Å². The Morgan fingerprint density at radius 1 is 1.30 bits per heavy atom. The topological polar surface area (TPSA) is 85.5 Å². The third-order valence-corrected chi connectivity index (χ3v) is 4.74. The minimum absolute atomic E-state index is 0.00893. The number of rotatable bonds is 4. The Morgan fingerprint density at radius 2 is 2.19 bits per heavy atom. The van der Waals surface area contributed by atoms with Crippen LogP contribution in [0.15, 0.2) is 30.5 Å². The standard InChI is InChI=1S/C19H22N6O2/c1-13-10-14(2)25-17(22-23-19(25)21-13)18(26)24-9-5-7-16(11-24)27-12-15-6-3-4-8-20-15/h3-4,6,8,10,16H,5,7,9,11-12H2,1-2H3/t16-/m1/s1. The zero-order valence-corrected chi connectivity index (χ0v) is 15.5. The van der Waals surface area contributed by atoms with Gasteiger partial charge in [0.15, 0.2) is 0 Å². The number of aryl methyl sites for hydroxylation is 2. The average Bonchev–Trinajstić information content (AvgIpc) is 3.11. The highest BCUT2D eigenvalue weighted by Gasteiger charge is 2.28. The Kier molecular flexibility index (Phi) is 4.81. The molecule has 4 rings (SSSR count). The maximum atomic E-state index is 13.0. The number of likely N-dealkylation sites (tertiary alicyclic amines) is 1. The lowest BCUT2D eigenvalue weighted by atomic mass is 10.1. The highest BCUT2D eigenvalue weighted by molar-refractivity contribution is 5.91. The van der Waals surface area contributed by atoms with Crippen molar-refractivity contribution in [3.63, 3.8) is 0 Å². The second-order valence-corrected chi connectivity index (χ2v) is 6.85. The maximum Gasteiger partial charge on any atom is 0.292 e. The Labute approximate surface area is 157 Å². The summed E-state index contributed by atoms with van der Waals surface area (Å²) in [6, 6.07) is 7.68. The highest BCUT2D eigenvalue weighted by Crippen LogP contribution is 2.18. The van der Waals surface area contributed by atoms with E-state index < -0.39 is 0 Å². The Bertz CT molecular complexity index is 955. The molecule has 0 radical (unpaired) electrons. The van der Waals surface area contributed by atoms with Gasteiger partial charge in [0.1, 0.15) is 0 Å². The minimum atomic E-state index is -0.137. The molecule has 8 nitrogen and oxygen atoms in total. The molecule has 0 aromatic carbocycles. The summed E-state index contributed by atoms with van der Waals surface area (Å²) in [6.45, 7) is 5.51. The Hall–Kier alpha value is -2.87. The van der Waals surface area contributed by atoms with E-state index in [2.05, 4.69) is 20.2 Å². The number of ether oxygens (including phenoxy) is 1. The van der Waals surface area contributed by atoms with Gasteiger partial charge in [0.2, 0.25) is 5.82 Å². The molecule has 1 atom stereocenters. The van der Waals surface area contributed by atoms with Crippen LogP contribution in [0.3, 0.4) is 0 Å². The normalized spacial score (nSPS) is 17.4. The molecule has 1 saturated heterocycles. The molecule has 0 saturated carbocycles. The van der Waals surface area contributed by atoms with Crippen LogP contribution >= 0.6 is 0 Å². The molecule has 0 aliphatic carbocycles. The van der Waals surface area contributed by atoms with Gasteiger partial charge in [0.05, 0.1) is 18.4 Å². The predicted molar refractivity (Wildman–Crippen MR) is 98.2 cm³/mol. The zero-order chi connectivity index (χ0) is 18.8. The van der Waals surface area contributed by atoms with E-state index in [1.54, 1.807) is 15.5 Å². The monoisotopic (exact) mass is 366 g/mol. The minimum Gasteiger partial charge on any atom is -0.370 e. The largest absolute Gasteiger partial charge is 0.370 e. The molecule has 0 unspecified atom stereocenters. The molecular formula is C19H22N6O2. The van der Waals surface area contributed by atoms with Gasteiger partial charge >= 0.3 is 0 Å². The summed E-state index contributed by atoms with van der Waals surface area (Å²) in [6.07, 6.45) is 3.57. The average molecular weight is 366 g/mol. The third kappa shape index (κ3) is 3.66. The van der Waals surface area contributed by atoms with Gasteiger partial charge in [-0.1, -0.05) is 6.07 Å². The van der Waals surface area contributed by atoms with Crippen molar-refractivity contribution < 1.29 is 9.53 Å². The van der Waals surface area contributed by atoms with Crippen LogP contribution in [-0.2, 0) is 11.3 Å². The number of carbonyl (C=O) groups excluding carboxylic acids is 1. The molecule has 8 heteroatoms. The van der Waals surface area contributed by atoms with Gasteiger partial charge in [0, 0.05) is 30.7 Å². The van der Waals surface area contributed by atoms with Gasteiger partial charge in [0.25, 0.3) is 11.7 Å². The van der Waals surface area contributed by atoms with Crippen LogP contribution in [0.2, 0.25) is 0 Å². The molecule has 0 bridgehead atoms. The van der Waals surface area contributed by atoms with Crippen molar-refractivity contribution in [1.29, 1.82) is 0 Å². The van der Waals surface area contributed by atoms with E-state index >= 15 is 0 Å². The van der Waals surface area contributed by atoms with Gasteiger partial charge in [-0.3, -0.25) is 14.2 Å². The number of nitrogens with zero attached hydrogens (tertiary/aromatic N) is 6. The van der Waals surface area contributed by atoms with Crippen LogP contribution in [0.5, 0.6) is 0 Å². The first-order valence-corrected chi connectivity index (χ1v) is 9.12. The van der Waals surface area contributed by atoms with Crippen LogP contribution in [0.4, 0.5) is 0 Å². The number of hydrogen-bond donors (Lipinski definition) is 0. The van der Waals surface area contributed by atoms with Crippen LogP contribution in [-0.4, -0.2) is 54.6 Å². The SMILES string of the molecule is Cc1cc(C)n2c(C(=O)N3CCC[C@@H](OCc4ccccn4)C3)nnc2n1. The fourth-order valence-electron chi connectivity index (χ4n) is 3.46. The predicted octanol–water partition coefficient (Wildman–Crippen LogP) is 1.96. The lowest BCUT2D eigenvalue weighted by molar-refractivity contribution is -0.00822. The molecule has 1 fully saturated rings. The van der Waals surface area contributed by atoms with Crippen molar-refractivity contribution in [3.05, 3.63) is 53.4 Å². The first-order valence-electron chi connectivity index (χ1n) is 9.12. The number of carbonyl (C=O) groups is 1.